The predicted octanol–water partition coefficient (Wildman–Crippen LogP) is 1.83. The second kappa shape index (κ2) is 7.02. The number of furan rings is 1. The number of piperazine rings is 1. The Labute approximate surface area is 141 Å². The second-order valence-corrected chi connectivity index (χ2v) is 7.33. The molecule has 0 N–H and O–H groups in total. The Morgan fingerprint density at radius 1 is 1.00 bits per heavy atom. The number of nitrogens with zero attached hydrogens (tertiary/aromatic N) is 2. The molecule has 3 rings (SSSR count). The molecule has 1 aliphatic rings. The van der Waals surface area contributed by atoms with Gasteiger partial charge in [0.15, 0.2) is 0 Å². The molecule has 0 spiro atoms. The summed E-state index contributed by atoms with van der Waals surface area (Å²) in [5.74, 6) is 0.455. The van der Waals surface area contributed by atoms with Gasteiger partial charge in [-0.15, -0.1) is 0 Å². The van der Waals surface area contributed by atoms with Crippen LogP contribution in [-0.2, 0) is 14.8 Å². The fraction of sp³-hybridized carbons (Fsp3) is 0.235. The number of sulfonamides is 1. The normalized spacial score (nSPS) is 16.6. The molecular weight excluding hydrogens is 328 g/mol. The van der Waals surface area contributed by atoms with Crippen LogP contribution < -0.4 is 0 Å². The van der Waals surface area contributed by atoms with Gasteiger partial charge in [0.1, 0.15) is 5.76 Å². The summed E-state index contributed by atoms with van der Waals surface area (Å²) >= 11 is 0. The molecule has 2 aromatic rings. The van der Waals surface area contributed by atoms with Crippen LogP contribution in [0.1, 0.15) is 5.76 Å². The summed E-state index contributed by atoms with van der Waals surface area (Å²) in [6.45, 7) is 1.32. The third-order valence-electron chi connectivity index (χ3n) is 3.86. The minimum absolute atomic E-state index is 0.150. The summed E-state index contributed by atoms with van der Waals surface area (Å²) in [5.41, 5.74) is 0. The summed E-state index contributed by atoms with van der Waals surface area (Å²) in [7, 11) is -3.50. The highest BCUT2D eigenvalue weighted by Gasteiger charge is 2.29. The number of carbonyl (C=O) groups is 1. The maximum atomic E-state index is 12.5. The zero-order valence-corrected chi connectivity index (χ0v) is 13.9. The number of hydrogen-bond donors (Lipinski definition) is 0. The zero-order chi connectivity index (χ0) is 17.0. The molecule has 6 nitrogen and oxygen atoms in total. The standard InChI is InChI=1S/C17H18N2O4S/c20-17(9-8-15-5-4-14-23-15)18-10-12-19(13-11-18)24(21,22)16-6-2-1-3-7-16/h1-9,14H,10-13H2/b9-8+. The van der Waals surface area contributed by atoms with E-state index in [0.717, 1.165) is 0 Å². The van der Waals surface area contributed by atoms with Gasteiger partial charge in [0.2, 0.25) is 15.9 Å². The van der Waals surface area contributed by atoms with E-state index in [2.05, 4.69) is 0 Å². The molecule has 0 atom stereocenters. The molecular formula is C17H18N2O4S. The van der Waals surface area contributed by atoms with Crippen LogP contribution in [0.3, 0.4) is 0 Å². The smallest absolute Gasteiger partial charge is 0.246 e. The number of amides is 1. The van der Waals surface area contributed by atoms with E-state index in [4.69, 9.17) is 4.42 Å². The number of carbonyl (C=O) groups excluding carboxylic acids is 1. The number of hydrogen-bond acceptors (Lipinski definition) is 4. The van der Waals surface area contributed by atoms with Crippen molar-refractivity contribution < 1.29 is 17.6 Å². The van der Waals surface area contributed by atoms with Crippen molar-refractivity contribution in [3.63, 3.8) is 0 Å². The third-order valence-corrected chi connectivity index (χ3v) is 5.78. The van der Waals surface area contributed by atoms with Crippen molar-refractivity contribution >= 4 is 22.0 Å². The van der Waals surface area contributed by atoms with E-state index < -0.39 is 10.0 Å². The molecule has 126 valence electrons. The van der Waals surface area contributed by atoms with Gasteiger partial charge < -0.3 is 9.32 Å². The highest BCUT2D eigenvalue weighted by molar-refractivity contribution is 7.89. The van der Waals surface area contributed by atoms with Gasteiger partial charge in [0, 0.05) is 32.3 Å². The van der Waals surface area contributed by atoms with Crippen LogP contribution in [0.4, 0.5) is 0 Å². The summed E-state index contributed by atoms with van der Waals surface area (Å²) < 4.78 is 31.6. The number of rotatable bonds is 4. The van der Waals surface area contributed by atoms with Crippen molar-refractivity contribution in [1.29, 1.82) is 0 Å². The first-order valence-corrected chi connectivity index (χ1v) is 9.07. The Kier molecular flexibility index (Phi) is 4.82. The molecule has 0 radical (unpaired) electrons. The van der Waals surface area contributed by atoms with Crippen molar-refractivity contribution in [1.82, 2.24) is 9.21 Å². The van der Waals surface area contributed by atoms with Crippen molar-refractivity contribution in [2.24, 2.45) is 0 Å². The summed E-state index contributed by atoms with van der Waals surface area (Å²) in [5, 5.41) is 0. The molecule has 1 fully saturated rings. The maximum absolute atomic E-state index is 12.5. The first-order chi connectivity index (χ1) is 11.6. The van der Waals surface area contributed by atoms with E-state index in [-0.39, 0.29) is 23.9 Å². The van der Waals surface area contributed by atoms with Crippen molar-refractivity contribution in [3.05, 3.63) is 60.6 Å². The van der Waals surface area contributed by atoms with Gasteiger partial charge in [-0.2, -0.15) is 4.31 Å². The molecule has 1 aromatic heterocycles. The Bertz CT molecular complexity index is 806. The van der Waals surface area contributed by atoms with E-state index >= 15 is 0 Å². The van der Waals surface area contributed by atoms with Crippen LogP contribution in [0.15, 0.2) is 64.1 Å². The largest absolute Gasteiger partial charge is 0.465 e. The highest BCUT2D eigenvalue weighted by atomic mass is 32.2. The molecule has 0 unspecified atom stereocenters. The van der Waals surface area contributed by atoms with Crippen LogP contribution in [0.2, 0.25) is 0 Å². The van der Waals surface area contributed by atoms with E-state index in [1.807, 2.05) is 0 Å². The minimum Gasteiger partial charge on any atom is -0.465 e. The Morgan fingerprint density at radius 2 is 1.71 bits per heavy atom. The fourth-order valence-electron chi connectivity index (χ4n) is 2.54. The molecule has 0 bridgehead atoms. The molecule has 0 saturated carbocycles. The SMILES string of the molecule is O=C(/C=C/c1ccco1)N1CCN(S(=O)(=O)c2ccccc2)CC1. The fourth-order valence-corrected chi connectivity index (χ4v) is 3.98. The quantitative estimate of drug-likeness (QED) is 0.792. The van der Waals surface area contributed by atoms with Crippen LogP contribution in [-0.4, -0.2) is 49.7 Å². The van der Waals surface area contributed by atoms with E-state index in [1.54, 1.807) is 53.4 Å². The van der Waals surface area contributed by atoms with Crippen molar-refractivity contribution in [2.75, 3.05) is 26.2 Å². The van der Waals surface area contributed by atoms with E-state index in [9.17, 15) is 13.2 Å². The van der Waals surface area contributed by atoms with Gasteiger partial charge in [-0.1, -0.05) is 18.2 Å². The summed E-state index contributed by atoms with van der Waals surface area (Å²) in [6, 6.07) is 11.8. The van der Waals surface area contributed by atoms with Gasteiger partial charge in [-0.25, -0.2) is 8.42 Å². The maximum Gasteiger partial charge on any atom is 0.246 e. The second-order valence-electron chi connectivity index (χ2n) is 5.39. The predicted molar refractivity (Wildman–Crippen MR) is 89.5 cm³/mol. The lowest BCUT2D eigenvalue weighted by Crippen LogP contribution is -2.50. The van der Waals surface area contributed by atoms with Gasteiger partial charge in [-0.3, -0.25) is 4.79 Å². The molecule has 2 heterocycles. The van der Waals surface area contributed by atoms with E-state index in [0.29, 0.717) is 18.8 Å². The van der Waals surface area contributed by atoms with Gasteiger partial charge >= 0.3 is 0 Å². The van der Waals surface area contributed by atoms with E-state index in [1.165, 1.54) is 16.6 Å². The molecule has 1 aromatic carbocycles. The van der Waals surface area contributed by atoms with Gasteiger partial charge in [0.05, 0.1) is 11.2 Å². The topological polar surface area (TPSA) is 70.8 Å². The summed E-state index contributed by atoms with van der Waals surface area (Å²) in [6.07, 6.45) is 4.59. The molecule has 1 aliphatic heterocycles. The Hall–Kier alpha value is -2.38. The highest BCUT2D eigenvalue weighted by Crippen LogP contribution is 2.17. The first-order valence-electron chi connectivity index (χ1n) is 7.63. The third kappa shape index (κ3) is 3.58. The van der Waals surface area contributed by atoms with Crippen molar-refractivity contribution in [2.45, 2.75) is 4.90 Å². The average molecular weight is 346 g/mol. The molecule has 1 saturated heterocycles. The molecule has 24 heavy (non-hydrogen) atoms. The van der Waals surface area contributed by atoms with Crippen LogP contribution in [0.5, 0.6) is 0 Å². The molecule has 0 aliphatic carbocycles. The molecule has 7 heteroatoms. The summed E-state index contributed by atoms with van der Waals surface area (Å²) in [4.78, 5) is 14.1. The van der Waals surface area contributed by atoms with Crippen LogP contribution >= 0.6 is 0 Å². The minimum atomic E-state index is -3.50. The van der Waals surface area contributed by atoms with Crippen LogP contribution in [0, 0.1) is 0 Å². The Morgan fingerprint density at radius 3 is 2.33 bits per heavy atom. The average Bonchev–Trinajstić information content (AvgIpc) is 3.14. The lowest BCUT2D eigenvalue weighted by Gasteiger charge is -2.33. The Balaban J connectivity index is 1.60. The van der Waals surface area contributed by atoms with Crippen LogP contribution in [0.25, 0.3) is 6.08 Å². The lowest BCUT2D eigenvalue weighted by atomic mass is 10.3. The monoisotopic (exact) mass is 346 g/mol. The van der Waals surface area contributed by atoms with Gasteiger partial charge in [0.25, 0.3) is 0 Å². The zero-order valence-electron chi connectivity index (χ0n) is 13.0. The molecule has 1 amide bonds. The van der Waals surface area contributed by atoms with Crippen molar-refractivity contribution in [3.8, 4) is 0 Å². The lowest BCUT2D eigenvalue weighted by molar-refractivity contribution is -0.127. The van der Waals surface area contributed by atoms with Gasteiger partial charge in [-0.05, 0) is 30.3 Å². The first kappa shape index (κ1) is 16.5. The number of benzene rings is 1.